The zero-order chi connectivity index (χ0) is 13.5. The first-order chi connectivity index (χ1) is 9.09. The fourth-order valence-corrected chi connectivity index (χ4v) is 2.63. The molecule has 2 aliphatic rings. The highest BCUT2D eigenvalue weighted by Crippen LogP contribution is 2.41. The lowest BCUT2D eigenvalue weighted by Crippen LogP contribution is -2.66. The number of hydrogen-bond acceptors (Lipinski definition) is 4. The fraction of sp³-hybridized carbons (Fsp3) is 0.538. The summed E-state index contributed by atoms with van der Waals surface area (Å²) in [5.74, 6) is 0.159. The number of piperazine rings is 1. The van der Waals surface area contributed by atoms with Crippen molar-refractivity contribution in [1.82, 2.24) is 20.4 Å². The summed E-state index contributed by atoms with van der Waals surface area (Å²) in [7, 11) is 0. The average Bonchev–Trinajstić information content (AvgIpc) is 3.21. The molecule has 0 aromatic carbocycles. The van der Waals surface area contributed by atoms with E-state index in [1.54, 1.807) is 23.2 Å². The molecule has 2 fully saturated rings. The van der Waals surface area contributed by atoms with Gasteiger partial charge < -0.3 is 10.2 Å². The second-order valence-electron chi connectivity index (χ2n) is 5.40. The van der Waals surface area contributed by atoms with Crippen molar-refractivity contribution in [2.45, 2.75) is 31.8 Å². The number of carbonyl (C=O) groups excluding carboxylic acids is 2. The molecule has 2 heterocycles. The molecular weight excluding hydrogens is 244 g/mol. The zero-order valence-corrected chi connectivity index (χ0v) is 10.8. The number of carbonyl (C=O) groups is 2. The van der Waals surface area contributed by atoms with Gasteiger partial charge >= 0.3 is 0 Å². The van der Waals surface area contributed by atoms with Gasteiger partial charge in [-0.15, -0.1) is 0 Å². The quantitative estimate of drug-likeness (QED) is 0.836. The van der Waals surface area contributed by atoms with Crippen LogP contribution < -0.4 is 5.32 Å². The topological polar surface area (TPSA) is 75.2 Å². The summed E-state index contributed by atoms with van der Waals surface area (Å²) >= 11 is 0. The van der Waals surface area contributed by atoms with Crippen molar-refractivity contribution < 1.29 is 9.59 Å². The van der Waals surface area contributed by atoms with Crippen molar-refractivity contribution in [1.29, 1.82) is 0 Å². The van der Waals surface area contributed by atoms with Gasteiger partial charge in [-0.1, -0.05) is 0 Å². The molecule has 1 saturated heterocycles. The Balaban J connectivity index is 1.81. The van der Waals surface area contributed by atoms with Crippen LogP contribution in [0.4, 0.5) is 0 Å². The van der Waals surface area contributed by atoms with Gasteiger partial charge in [0.1, 0.15) is 12.1 Å². The second kappa shape index (κ2) is 4.29. The lowest BCUT2D eigenvalue weighted by molar-refractivity contribution is -0.150. The Morgan fingerprint density at radius 2 is 2.26 bits per heavy atom. The predicted molar refractivity (Wildman–Crippen MR) is 66.7 cm³/mol. The lowest BCUT2D eigenvalue weighted by atomic mass is 9.91. The SMILES string of the molecule is CC1(C2CC2)NC(=O)CN(Cc2cccnn2)C1=O. The smallest absolute Gasteiger partial charge is 0.249 e. The fourth-order valence-electron chi connectivity index (χ4n) is 2.63. The van der Waals surface area contributed by atoms with E-state index < -0.39 is 5.54 Å². The van der Waals surface area contributed by atoms with Crippen molar-refractivity contribution in [3.63, 3.8) is 0 Å². The van der Waals surface area contributed by atoms with Crippen LogP contribution in [0, 0.1) is 5.92 Å². The standard InChI is InChI=1S/C13H16N4O2/c1-13(9-4-5-9)12(19)17(8-11(18)15-13)7-10-3-2-6-14-16-10/h2-3,6,9H,4-5,7-8H2,1H3,(H,15,18). The minimum absolute atomic E-state index is 0.0137. The molecule has 0 bridgehead atoms. The Labute approximate surface area is 111 Å². The van der Waals surface area contributed by atoms with Gasteiger partial charge in [-0.2, -0.15) is 10.2 Å². The Morgan fingerprint density at radius 1 is 1.47 bits per heavy atom. The molecule has 0 radical (unpaired) electrons. The van der Waals surface area contributed by atoms with E-state index in [0.29, 0.717) is 12.2 Å². The minimum Gasteiger partial charge on any atom is -0.340 e. The highest BCUT2D eigenvalue weighted by molar-refractivity contribution is 5.98. The van der Waals surface area contributed by atoms with E-state index in [1.165, 1.54) is 0 Å². The number of hydrogen-bond donors (Lipinski definition) is 1. The van der Waals surface area contributed by atoms with Gasteiger partial charge in [0.2, 0.25) is 11.8 Å². The molecule has 1 atom stereocenters. The van der Waals surface area contributed by atoms with Gasteiger partial charge in [-0.3, -0.25) is 9.59 Å². The Bertz CT molecular complexity index is 515. The van der Waals surface area contributed by atoms with Crippen LogP contribution in [0.25, 0.3) is 0 Å². The maximum atomic E-state index is 12.5. The number of nitrogens with one attached hydrogen (secondary N) is 1. The maximum absolute atomic E-state index is 12.5. The van der Waals surface area contributed by atoms with E-state index in [9.17, 15) is 9.59 Å². The summed E-state index contributed by atoms with van der Waals surface area (Å²) in [6.45, 7) is 2.26. The van der Waals surface area contributed by atoms with Gasteiger partial charge in [0, 0.05) is 6.20 Å². The molecule has 1 aromatic heterocycles. The van der Waals surface area contributed by atoms with Crippen LogP contribution in [0.3, 0.4) is 0 Å². The van der Waals surface area contributed by atoms with Crippen molar-refractivity contribution in [2.75, 3.05) is 6.54 Å². The lowest BCUT2D eigenvalue weighted by Gasteiger charge is -2.39. The van der Waals surface area contributed by atoms with Crippen LogP contribution >= 0.6 is 0 Å². The molecule has 1 saturated carbocycles. The molecule has 1 aliphatic heterocycles. The van der Waals surface area contributed by atoms with Gasteiger partial charge in [0.15, 0.2) is 0 Å². The molecule has 1 unspecified atom stereocenters. The summed E-state index contributed by atoms with van der Waals surface area (Å²) in [6, 6.07) is 3.58. The van der Waals surface area contributed by atoms with Crippen molar-refractivity contribution in [2.24, 2.45) is 5.92 Å². The van der Waals surface area contributed by atoms with Crippen molar-refractivity contribution in [3.8, 4) is 0 Å². The third kappa shape index (κ3) is 2.18. The molecule has 1 aliphatic carbocycles. The van der Waals surface area contributed by atoms with Gasteiger partial charge in [-0.05, 0) is 37.8 Å². The van der Waals surface area contributed by atoms with Gasteiger partial charge in [-0.25, -0.2) is 0 Å². The Kier molecular flexibility index (Phi) is 2.73. The first-order valence-electron chi connectivity index (χ1n) is 6.46. The van der Waals surface area contributed by atoms with Crippen molar-refractivity contribution in [3.05, 3.63) is 24.0 Å². The summed E-state index contributed by atoms with van der Waals surface area (Å²) in [4.78, 5) is 25.9. The van der Waals surface area contributed by atoms with E-state index in [4.69, 9.17) is 0 Å². The van der Waals surface area contributed by atoms with Gasteiger partial charge in [0.05, 0.1) is 12.2 Å². The predicted octanol–water partition coefficient (Wildman–Crippen LogP) is 0.104. The van der Waals surface area contributed by atoms with E-state index in [2.05, 4.69) is 15.5 Å². The van der Waals surface area contributed by atoms with E-state index in [0.717, 1.165) is 12.8 Å². The second-order valence-corrected chi connectivity index (χ2v) is 5.40. The summed E-state index contributed by atoms with van der Waals surface area (Å²) in [5.41, 5.74) is -0.0407. The maximum Gasteiger partial charge on any atom is 0.249 e. The Hall–Kier alpha value is -1.98. The monoisotopic (exact) mass is 260 g/mol. The van der Waals surface area contributed by atoms with Crippen LogP contribution in [0.2, 0.25) is 0 Å². The molecule has 19 heavy (non-hydrogen) atoms. The van der Waals surface area contributed by atoms with Crippen LogP contribution in [-0.2, 0) is 16.1 Å². The molecule has 2 amide bonds. The van der Waals surface area contributed by atoms with Crippen LogP contribution in [0.1, 0.15) is 25.5 Å². The highest BCUT2D eigenvalue weighted by atomic mass is 16.2. The molecule has 3 rings (SSSR count). The molecule has 6 nitrogen and oxygen atoms in total. The first-order valence-corrected chi connectivity index (χ1v) is 6.46. The van der Waals surface area contributed by atoms with Crippen LogP contribution in [-0.4, -0.2) is 39.0 Å². The molecule has 100 valence electrons. The third-order valence-corrected chi connectivity index (χ3v) is 3.84. The van der Waals surface area contributed by atoms with E-state index in [-0.39, 0.29) is 24.3 Å². The third-order valence-electron chi connectivity index (χ3n) is 3.84. The number of aromatic nitrogens is 2. The summed E-state index contributed by atoms with van der Waals surface area (Å²) in [5, 5.41) is 10.6. The van der Waals surface area contributed by atoms with E-state index >= 15 is 0 Å². The Morgan fingerprint density at radius 3 is 2.89 bits per heavy atom. The highest BCUT2D eigenvalue weighted by Gasteiger charge is 2.52. The van der Waals surface area contributed by atoms with Gasteiger partial charge in [0.25, 0.3) is 0 Å². The summed E-state index contributed by atoms with van der Waals surface area (Å²) in [6.07, 6.45) is 3.59. The summed E-state index contributed by atoms with van der Waals surface area (Å²) < 4.78 is 0. The normalized spacial score (nSPS) is 27.3. The van der Waals surface area contributed by atoms with Crippen molar-refractivity contribution >= 4 is 11.8 Å². The van der Waals surface area contributed by atoms with E-state index in [1.807, 2.05) is 6.92 Å². The number of amides is 2. The molecule has 1 N–H and O–H groups in total. The molecule has 0 spiro atoms. The van der Waals surface area contributed by atoms with Crippen LogP contribution in [0.5, 0.6) is 0 Å². The average molecular weight is 260 g/mol. The molecule has 1 aromatic rings. The van der Waals surface area contributed by atoms with Crippen LogP contribution in [0.15, 0.2) is 18.3 Å². The zero-order valence-electron chi connectivity index (χ0n) is 10.8. The molecule has 6 heteroatoms. The first kappa shape index (κ1) is 12.1. The number of nitrogens with zero attached hydrogens (tertiary/aromatic N) is 3. The minimum atomic E-state index is -0.739. The number of rotatable bonds is 3. The largest absolute Gasteiger partial charge is 0.340 e. The molecular formula is C13H16N4O2.